The summed E-state index contributed by atoms with van der Waals surface area (Å²) >= 11 is 6.00. The molecule has 0 radical (unpaired) electrons. The highest BCUT2D eigenvalue weighted by Gasteiger charge is 2.26. The number of aromatic nitrogens is 3. The van der Waals surface area contributed by atoms with Gasteiger partial charge in [-0.15, -0.1) is 0 Å². The lowest BCUT2D eigenvalue weighted by atomic mass is 10.1. The first kappa shape index (κ1) is 18.4. The van der Waals surface area contributed by atoms with Crippen molar-refractivity contribution in [3.8, 4) is 0 Å². The number of nitrogens with zero attached hydrogens (tertiary/aromatic N) is 5. The Balaban J connectivity index is 1.60. The number of rotatable bonds is 2. The van der Waals surface area contributed by atoms with Crippen molar-refractivity contribution in [3.63, 3.8) is 0 Å². The number of halogens is 2. The SMILES string of the molecule is Cn1nc(C(=O)N2CCN(c3cncc(Cl)c3)CC2)c2cc(F)ccc2c1=O. The average molecular weight is 402 g/mol. The van der Waals surface area contributed by atoms with Crippen LogP contribution in [0.15, 0.2) is 41.5 Å². The second kappa shape index (κ2) is 7.20. The van der Waals surface area contributed by atoms with Crippen LogP contribution >= 0.6 is 11.6 Å². The van der Waals surface area contributed by atoms with Gasteiger partial charge in [0.1, 0.15) is 5.82 Å². The van der Waals surface area contributed by atoms with Gasteiger partial charge in [-0.3, -0.25) is 14.6 Å². The Morgan fingerprint density at radius 1 is 1.11 bits per heavy atom. The highest BCUT2D eigenvalue weighted by Crippen LogP contribution is 2.21. The van der Waals surface area contributed by atoms with Gasteiger partial charge in [0.15, 0.2) is 5.69 Å². The third-order valence-electron chi connectivity index (χ3n) is 4.84. The molecule has 7 nitrogen and oxygen atoms in total. The summed E-state index contributed by atoms with van der Waals surface area (Å²) in [6.07, 6.45) is 3.30. The maximum atomic E-state index is 13.7. The predicted molar refractivity (Wildman–Crippen MR) is 104 cm³/mol. The summed E-state index contributed by atoms with van der Waals surface area (Å²) in [6, 6.07) is 5.60. The van der Waals surface area contributed by atoms with Crippen LogP contribution in [0.25, 0.3) is 10.8 Å². The first-order valence-corrected chi connectivity index (χ1v) is 9.13. The van der Waals surface area contributed by atoms with E-state index in [2.05, 4.69) is 15.0 Å². The standard InChI is InChI=1S/C19H17ClFN5O2/c1-24-18(27)15-3-2-13(21)9-16(15)17(23-24)19(28)26-6-4-25(5-7-26)14-8-12(20)10-22-11-14/h2-3,8-11H,4-7H2,1H3. The van der Waals surface area contributed by atoms with Crippen LogP contribution in [0.4, 0.5) is 10.1 Å². The van der Waals surface area contributed by atoms with Crippen molar-refractivity contribution >= 4 is 34.0 Å². The number of anilines is 1. The molecule has 1 aliphatic rings. The Hall–Kier alpha value is -3.00. The quantitative estimate of drug-likeness (QED) is 0.657. The van der Waals surface area contributed by atoms with E-state index in [1.165, 1.54) is 25.2 Å². The zero-order valence-electron chi connectivity index (χ0n) is 15.1. The van der Waals surface area contributed by atoms with Crippen LogP contribution in [0.3, 0.4) is 0 Å². The van der Waals surface area contributed by atoms with E-state index in [4.69, 9.17) is 11.6 Å². The molecular weight excluding hydrogens is 385 g/mol. The molecule has 3 heterocycles. The lowest BCUT2D eigenvalue weighted by Gasteiger charge is -2.35. The Kier molecular flexibility index (Phi) is 4.72. The summed E-state index contributed by atoms with van der Waals surface area (Å²) in [5.74, 6) is -0.843. The summed E-state index contributed by atoms with van der Waals surface area (Å²) in [5, 5.41) is 5.17. The molecule has 1 aromatic carbocycles. The average Bonchev–Trinajstić information content (AvgIpc) is 2.70. The molecule has 3 aromatic rings. The van der Waals surface area contributed by atoms with E-state index in [1.807, 2.05) is 6.07 Å². The topological polar surface area (TPSA) is 71.3 Å². The Bertz CT molecular complexity index is 1120. The van der Waals surface area contributed by atoms with Crippen molar-refractivity contribution in [1.82, 2.24) is 19.7 Å². The van der Waals surface area contributed by atoms with E-state index in [9.17, 15) is 14.0 Å². The maximum absolute atomic E-state index is 13.7. The molecule has 0 bridgehead atoms. The zero-order valence-corrected chi connectivity index (χ0v) is 15.9. The van der Waals surface area contributed by atoms with Gasteiger partial charge >= 0.3 is 0 Å². The number of benzene rings is 1. The highest BCUT2D eigenvalue weighted by molar-refractivity contribution is 6.30. The minimum atomic E-state index is -0.519. The molecule has 0 spiro atoms. The monoisotopic (exact) mass is 401 g/mol. The number of carbonyl (C=O) groups is 1. The van der Waals surface area contributed by atoms with Crippen LogP contribution < -0.4 is 10.5 Å². The fourth-order valence-electron chi connectivity index (χ4n) is 3.37. The van der Waals surface area contributed by atoms with Crippen molar-refractivity contribution in [3.05, 3.63) is 63.5 Å². The molecule has 0 N–H and O–H groups in total. The summed E-state index contributed by atoms with van der Waals surface area (Å²) in [7, 11) is 1.48. The number of piperazine rings is 1. The van der Waals surface area contributed by atoms with Gasteiger partial charge in [-0.2, -0.15) is 5.10 Å². The molecular formula is C19H17ClFN5O2. The third kappa shape index (κ3) is 3.31. The molecule has 28 heavy (non-hydrogen) atoms. The molecule has 2 aromatic heterocycles. The van der Waals surface area contributed by atoms with Gasteiger partial charge in [-0.05, 0) is 24.3 Å². The normalized spacial score (nSPS) is 14.5. The number of amides is 1. The third-order valence-corrected chi connectivity index (χ3v) is 5.04. The van der Waals surface area contributed by atoms with Gasteiger partial charge < -0.3 is 9.80 Å². The van der Waals surface area contributed by atoms with Crippen LogP contribution in [-0.2, 0) is 7.05 Å². The largest absolute Gasteiger partial charge is 0.367 e. The van der Waals surface area contributed by atoms with Gasteiger partial charge in [0.05, 0.1) is 22.3 Å². The predicted octanol–water partition coefficient (Wildman–Crippen LogP) is 2.08. The number of hydrogen-bond donors (Lipinski definition) is 0. The van der Waals surface area contributed by atoms with Crippen molar-refractivity contribution in [2.24, 2.45) is 7.05 Å². The molecule has 0 unspecified atom stereocenters. The molecule has 9 heteroatoms. The molecule has 1 fully saturated rings. The fourth-order valence-corrected chi connectivity index (χ4v) is 3.54. The van der Waals surface area contributed by atoms with Crippen molar-refractivity contribution in [1.29, 1.82) is 0 Å². The summed E-state index contributed by atoms with van der Waals surface area (Å²) < 4.78 is 14.9. The Morgan fingerprint density at radius 2 is 1.86 bits per heavy atom. The van der Waals surface area contributed by atoms with Gasteiger partial charge in [0, 0.05) is 44.8 Å². The smallest absolute Gasteiger partial charge is 0.275 e. The van der Waals surface area contributed by atoms with Crippen molar-refractivity contribution < 1.29 is 9.18 Å². The summed E-state index contributed by atoms with van der Waals surface area (Å²) in [5.41, 5.74) is 0.603. The number of hydrogen-bond acceptors (Lipinski definition) is 5. The highest BCUT2D eigenvalue weighted by atomic mass is 35.5. The first-order chi connectivity index (χ1) is 13.4. The lowest BCUT2D eigenvalue weighted by Crippen LogP contribution is -2.49. The van der Waals surface area contributed by atoms with Crippen LogP contribution in [0, 0.1) is 5.82 Å². The van der Waals surface area contributed by atoms with Crippen LogP contribution in [-0.4, -0.2) is 51.8 Å². The number of carbonyl (C=O) groups excluding carboxylic acids is 1. The van der Waals surface area contributed by atoms with Crippen LogP contribution in [0.2, 0.25) is 5.02 Å². The van der Waals surface area contributed by atoms with Crippen molar-refractivity contribution in [2.45, 2.75) is 0 Å². The van der Waals surface area contributed by atoms with E-state index < -0.39 is 5.82 Å². The second-order valence-corrected chi connectivity index (χ2v) is 7.04. The van der Waals surface area contributed by atoms with E-state index >= 15 is 0 Å². The molecule has 0 saturated carbocycles. The first-order valence-electron chi connectivity index (χ1n) is 8.75. The minimum Gasteiger partial charge on any atom is -0.367 e. The van der Waals surface area contributed by atoms with E-state index in [0.29, 0.717) is 31.2 Å². The zero-order chi connectivity index (χ0) is 19.8. The summed E-state index contributed by atoms with van der Waals surface area (Å²) in [6.45, 7) is 2.14. The molecule has 4 rings (SSSR count). The van der Waals surface area contributed by atoms with Gasteiger partial charge in [0.2, 0.25) is 0 Å². The molecule has 1 amide bonds. The van der Waals surface area contributed by atoms with E-state index in [0.717, 1.165) is 10.4 Å². The molecule has 0 aliphatic carbocycles. The summed E-state index contributed by atoms with van der Waals surface area (Å²) in [4.78, 5) is 33.1. The molecule has 0 atom stereocenters. The molecule has 1 aliphatic heterocycles. The molecule has 144 valence electrons. The lowest BCUT2D eigenvalue weighted by molar-refractivity contribution is 0.0740. The fraction of sp³-hybridized carbons (Fsp3) is 0.263. The maximum Gasteiger partial charge on any atom is 0.275 e. The number of fused-ring (bicyclic) bond motifs is 1. The second-order valence-electron chi connectivity index (χ2n) is 6.61. The number of pyridine rings is 1. The Morgan fingerprint density at radius 3 is 2.57 bits per heavy atom. The van der Waals surface area contributed by atoms with Crippen LogP contribution in [0.1, 0.15) is 10.5 Å². The number of aryl methyl sites for hydroxylation is 1. The van der Waals surface area contributed by atoms with Gasteiger partial charge in [-0.25, -0.2) is 9.07 Å². The van der Waals surface area contributed by atoms with Gasteiger partial charge in [-0.1, -0.05) is 11.6 Å². The van der Waals surface area contributed by atoms with Crippen LogP contribution in [0.5, 0.6) is 0 Å². The molecule has 1 saturated heterocycles. The van der Waals surface area contributed by atoms with Crippen molar-refractivity contribution in [2.75, 3.05) is 31.1 Å². The minimum absolute atomic E-state index is 0.0782. The van der Waals surface area contributed by atoms with Gasteiger partial charge in [0.25, 0.3) is 11.5 Å². The van der Waals surface area contributed by atoms with E-state index in [1.54, 1.807) is 17.3 Å². The van der Waals surface area contributed by atoms with E-state index in [-0.39, 0.29) is 27.9 Å². The Labute approximate surface area is 165 Å².